The smallest absolute Gasteiger partial charge is 0.416 e. The molecule has 2 heterocycles. The molecule has 0 aliphatic carbocycles. The number of nitrogens with zero attached hydrogens (tertiary/aromatic N) is 4. The largest absolute Gasteiger partial charge is 0.490 e. The number of aromatic nitrogens is 2. The molecule has 0 fully saturated rings. The molecule has 16 heteroatoms. The average molecular weight is 708 g/mol. The van der Waals surface area contributed by atoms with Gasteiger partial charge in [0.2, 0.25) is 5.95 Å². The van der Waals surface area contributed by atoms with Crippen molar-refractivity contribution in [2.75, 3.05) is 30.0 Å². The number of amides is 1. The highest BCUT2D eigenvalue weighted by molar-refractivity contribution is 5.92. The van der Waals surface area contributed by atoms with Crippen molar-refractivity contribution in [3.8, 4) is 11.8 Å². The first-order valence-corrected chi connectivity index (χ1v) is 15.8. The zero-order valence-corrected chi connectivity index (χ0v) is 27.5. The molecule has 1 amide bonds. The van der Waals surface area contributed by atoms with Crippen LogP contribution < -0.4 is 15.0 Å². The fourth-order valence-corrected chi connectivity index (χ4v) is 5.64. The van der Waals surface area contributed by atoms with E-state index in [1.807, 2.05) is 0 Å². The fourth-order valence-electron chi connectivity index (χ4n) is 5.64. The van der Waals surface area contributed by atoms with Crippen molar-refractivity contribution in [3.63, 3.8) is 0 Å². The molecule has 1 aromatic heterocycles. The number of carbonyl (C=O) groups is 2. The Kier molecular flexibility index (Phi) is 11.8. The van der Waals surface area contributed by atoms with Gasteiger partial charge in [0.25, 0.3) is 0 Å². The van der Waals surface area contributed by atoms with Crippen LogP contribution in [-0.2, 0) is 39.5 Å². The molecule has 0 radical (unpaired) electrons. The number of benzene rings is 2. The van der Waals surface area contributed by atoms with Gasteiger partial charge in [0, 0.05) is 12.8 Å². The molecule has 4 rings (SSSR count). The summed E-state index contributed by atoms with van der Waals surface area (Å²) < 4.78 is 97.6. The third kappa shape index (κ3) is 8.93. The second-order valence-corrected chi connectivity index (χ2v) is 11.4. The van der Waals surface area contributed by atoms with Gasteiger partial charge >= 0.3 is 24.4 Å². The highest BCUT2D eigenvalue weighted by atomic mass is 19.4. The van der Waals surface area contributed by atoms with Gasteiger partial charge in [-0.05, 0) is 87.1 Å². The number of hydrogen-bond donors (Lipinski definition) is 1. The molecular formula is C34H35F6N5O5. The van der Waals surface area contributed by atoms with Gasteiger partial charge in [0.15, 0.2) is 5.75 Å². The summed E-state index contributed by atoms with van der Waals surface area (Å²) in [5.74, 6) is -0.394. The monoisotopic (exact) mass is 707 g/mol. The van der Waals surface area contributed by atoms with Crippen molar-refractivity contribution in [1.82, 2.24) is 9.97 Å². The minimum absolute atomic E-state index is 0.0141. The molecule has 1 aliphatic rings. The predicted molar refractivity (Wildman–Crippen MR) is 168 cm³/mol. The Bertz CT molecular complexity index is 1740. The van der Waals surface area contributed by atoms with Crippen LogP contribution in [0.2, 0.25) is 0 Å². The third-order valence-corrected chi connectivity index (χ3v) is 8.00. The summed E-state index contributed by atoms with van der Waals surface area (Å²) in [5, 5.41) is 12.6. The quantitative estimate of drug-likeness (QED) is 0.114. The molecule has 0 saturated heterocycles. The minimum atomic E-state index is -4.73. The summed E-state index contributed by atoms with van der Waals surface area (Å²) >= 11 is 0. The molecule has 0 saturated carbocycles. The molecule has 1 aliphatic heterocycles. The zero-order chi connectivity index (χ0) is 36.7. The van der Waals surface area contributed by atoms with Gasteiger partial charge in [0.1, 0.15) is 5.66 Å². The number of ether oxygens (including phenoxy) is 3. The van der Waals surface area contributed by atoms with Gasteiger partial charge < -0.3 is 19.5 Å². The van der Waals surface area contributed by atoms with Crippen LogP contribution in [0.3, 0.4) is 0 Å². The average Bonchev–Trinajstić information content (AvgIpc) is 3.06. The Morgan fingerprint density at radius 2 is 1.72 bits per heavy atom. The van der Waals surface area contributed by atoms with E-state index in [0.29, 0.717) is 0 Å². The SMILES string of the molecule is CCOC(=O)CCCOc1cnc(NC2(CC)CCc3cc(C(F)(F)F)ccc3N2C(=O)OCC)nc1Cc1cc(C#N)cc(C(F)(F)F)c1. The Balaban J connectivity index is 1.74. The number of hydrogen-bond acceptors (Lipinski definition) is 9. The number of aryl methyl sites for hydroxylation is 1. The summed E-state index contributed by atoms with van der Waals surface area (Å²) in [6.07, 6.45) is -8.29. The molecule has 50 heavy (non-hydrogen) atoms. The number of halogens is 6. The van der Waals surface area contributed by atoms with E-state index >= 15 is 0 Å². The minimum Gasteiger partial charge on any atom is -0.490 e. The molecule has 2 aromatic carbocycles. The molecule has 0 bridgehead atoms. The molecule has 268 valence electrons. The van der Waals surface area contributed by atoms with Crippen LogP contribution in [0.15, 0.2) is 42.6 Å². The normalized spacial score (nSPS) is 15.9. The highest BCUT2D eigenvalue weighted by Gasteiger charge is 2.45. The summed E-state index contributed by atoms with van der Waals surface area (Å²) in [6.45, 7) is 5.21. The third-order valence-electron chi connectivity index (χ3n) is 8.00. The topological polar surface area (TPSA) is 127 Å². The van der Waals surface area contributed by atoms with Gasteiger partial charge in [0.05, 0.1) is 60.2 Å². The van der Waals surface area contributed by atoms with E-state index < -0.39 is 41.2 Å². The summed E-state index contributed by atoms with van der Waals surface area (Å²) in [4.78, 5) is 35.3. The van der Waals surface area contributed by atoms with E-state index in [2.05, 4.69) is 15.3 Å². The number of fused-ring (bicyclic) bond motifs is 1. The van der Waals surface area contributed by atoms with Gasteiger partial charge in [-0.2, -0.15) is 31.6 Å². The van der Waals surface area contributed by atoms with E-state index in [9.17, 15) is 41.2 Å². The standard InChI is InChI=1S/C34H35F6N5O5/c1-4-32(12-11-23-18-24(33(35,36)37)9-10-27(23)45(32)31(47)49-6-3)44-30-42-20-28(50-13-7-8-29(46)48-5-2)26(43-30)17-21-14-22(19-41)16-25(15-21)34(38,39)40/h9-10,14-16,18,20H,4-8,11-13,17H2,1-3H3,(H,42,43,44). The van der Waals surface area contributed by atoms with E-state index in [1.165, 1.54) is 23.2 Å². The number of anilines is 2. The lowest BCUT2D eigenvalue weighted by Crippen LogP contribution is -2.60. The van der Waals surface area contributed by atoms with Crippen LogP contribution >= 0.6 is 0 Å². The maximum Gasteiger partial charge on any atom is 0.416 e. The summed E-state index contributed by atoms with van der Waals surface area (Å²) in [5.41, 5.74) is -2.69. The number of alkyl halides is 6. The maximum atomic E-state index is 13.7. The summed E-state index contributed by atoms with van der Waals surface area (Å²) in [7, 11) is 0. The number of esters is 1. The predicted octanol–water partition coefficient (Wildman–Crippen LogP) is 7.83. The second kappa shape index (κ2) is 15.6. The first-order chi connectivity index (χ1) is 23.6. The van der Waals surface area contributed by atoms with Crippen molar-refractivity contribution in [2.24, 2.45) is 0 Å². The van der Waals surface area contributed by atoms with Crippen molar-refractivity contribution in [2.45, 2.75) is 77.3 Å². The van der Waals surface area contributed by atoms with Crippen LogP contribution in [0.1, 0.15) is 80.0 Å². The van der Waals surface area contributed by atoms with Crippen molar-refractivity contribution >= 4 is 23.7 Å². The van der Waals surface area contributed by atoms with E-state index in [4.69, 9.17) is 14.2 Å². The van der Waals surface area contributed by atoms with Crippen LogP contribution in [0.5, 0.6) is 5.75 Å². The van der Waals surface area contributed by atoms with Crippen molar-refractivity contribution in [3.05, 3.63) is 76.1 Å². The summed E-state index contributed by atoms with van der Waals surface area (Å²) in [6, 6.07) is 7.73. The fraction of sp³-hybridized carbons (Fsp3) is 0.441. The Labute approximate surface area is 284 Å². The molecular weight excluding hydrogens is 672 g/mol. The van der Waals surface area contributed by atoms with Crippen LogP contribution in [-0.4, -0.2) is 47.5 Å². The number of carbonyl (C=O) groups excluding carboxylic acids is 2. The Hall–Kier alpha value is -5.07. The van der Waals surface area contributed by atoms with Gasteiger partial charge in [-0.25, -0.2) is 14.8 Å². The van der Waals surface area contributed by atoms with Crippen LogP contribution in [0, 0.1) is 11.3 Å². The van der Waals surface area contributed by atoms with E-state index in [-0.39, 0.29) is 98.1 Å². The lowest BCUT2D eigenvalue weighted by atomic mass is 9.88. The van der Waals surface area contributed by atoms with Crippen molar-refractivity contribution < 1.29 is 50.1 Å². The lowest BCUT2D eigenvalue weighted by Gasteiger charge is -2.47. The number of nitriles is 1. The van der Waals surface area contributed by atoms with Gasteiger partial charge in [-0.3, -0.25) is 9.69 Å². The highest BCUT2D eigenvalue weighted by Crippen LogP contribution is 2.42. The molecule has 1 atom stereocenters. The number of rotatable bonds is 12. The Morgan fingerprint density at radius 1 is 1.00 bits per heavy atom. The van der Waals surface area contributed by atoms with Crippen LogP contribution in [0.4, 0.5) is 42.8 Å². The number of nitrogens with one attached hydrogen (secondary N) is 1. The van der Waals surface area contributed by atoms with E-state index in [1.54, 1.807) is 26.8 Å². The zero-order valence-electron chi connectivity index (χ0n) is 27.5. The second-order valence-electron chi connectivity index (χ2n) is 11.4. The Morgan fingerprint density at radius 3 is 2.36 bits per heavy atom. The molecule has 1 N–H and O–H groups in total. The van der Waals surface area contributed by atoms with Gasteiger partial charge in [-0.15, -0.1) is 0 Å². The molecule has 3 aromatic rings. The van der Waals surface area contributed by atoms with Crippen molar-refractivity contribution in [1.29, 1.82) is 5.26 Å². The maximum absolute atomic E-state index is 13.7. The first-order valence-electron chi connectivity index (χ1n) is 15.8. The van der Waals surface area contributed by atoms with E-state index in [0.717, 1.165) is 24.3 Å². The first kappa shape index (κ1) is 37.7. The molecule has 1 unspecified atom stereocenters. The molecule has 10 nitrogen and oxygen atoms in total. The van der Waals surface area contributed by atoms with Gasteiger partial charge in [-0.1, -0.05) is 6.92 Å². The van der Waals surface area contributed by atoms with Crippen LogP contribution in [0.25, 0.3) is 0 Å². The lowest BCUT2D eigenvalue weighted by molar-refractivity contribution is -0.143. The molecule has 0 spiro atoms.